The highest BCUT2D eigenvalue weighted by molar-refractivity contribution is 14.0. The molecular formula is C17H33IN4O2. The predicted molar refractivity (Wildman–Crippen MR) is 107 cm³/mol. The second-order valence-corrected chi connectivity index (χ2v) is 7.12. The third-order valence-corrected chi connectivity index (χ3v) is 5.30. The van der Waals surface area contributed by atoms with Gasteiger partial charge in [-0.15, -0.1) is 24.0 Å². The molecule has 3 rings (SSSR count). The highest BCUT2D eigenvalue weighted by atomic mass is 127. The highest BCUT2D eigenvalue weighted by Gasteiger charge is 2.32. The number of aliphatic hydroxyl groups is 1. The molecule has 3 fully saturated rings. The Kier molecular flexibility index (Phi) is 8.53. The number of aliphatic imine (C=N–C) groups is 1. The molecule has 1 aliphatic carbocycles. The van der Waals surface area contributed by atoms with Gasteiger partial charge in [0.05, 0.1) is 25.4 Å². The summed E-state index contributed by atoms with van der Waals surface area (Å²) in [5.41, 5.74) is 0. The minimum atomic E-state index is -0.114. The Morgan fingerprint density at radius 3 is 2.79 bits per heavy atom. The Morgan fingerprint density at radius 2 is 2.04 bits per heavy atom. The lowest BCUT2D eigenvalue weighted by Gasteiger charge is -2.34. The molecule has 0 aromatic carbocycles. The van der Waals surface area contributed by atoms with Crippen molar-refractivity contribution >= 4 is 29.9 Å². The predicted octanol–water partition coefficient (Wildman–Crippen LogP) is 1.33. The smallest absolute Gasteiger partial charge is 0.191 e. The van der Waals surface area contributed by atoms with E-state index in [2.05, 4.69) is 22.5 Å². The molecule has 0 spiro atoms. The number of ether oxygens (including phenoxy) is 1. The number of nitrogens with one attached hydrogen (secondary N) is 2. The van der Waals surface area contributed by atoms with Crippen molar-refractivity contribution in [1.82, 2.24) is 15.5 Å². The fourth-order valence-electron chi connectivity index (χ4n) is 3.92. The van der Waals surface area contributed by atoms with E-state index in [9.17, 15) is 5.11 Å². The lowest BCUT2D eigenvalue weighted by molar-refractivity contribution is -0.0432. The van der Waals surface area contributed by atoms with Gasteiger partial charge in [-0.1, -0.05) is 0 Å². The Bertz CT molecular complexity index is 402. The van der Waals surface area contributed by atoms with Gasteiger partial charge < -0.3 is 20.5 Å². The van der Waals surface area contributed by atoms with Crippen LogP contribution in [0.5, 0.6) is 0 Å². The molecule has 0 aromatic rings. The zero-order chi connectivity index (χ0) is 16.1. The molecule has 6 nitrogen and oxygen atoms in total. The van der Waals surface area contributed by atoms with Crippen LogP contribution < -0.4 is 10.6 Å². The summed E-state index contributed by atoms with van der Waals surface area (Å²) >= 11 is 0. The van der Waals surface area contributed by atoms with E-state index in [1.54, 1.807) is 0 Å². The third-order valence-electron chi connectivity index (χ3n) is 5.30. The number of hydrogen-bond donors (Lipinski definition) is 3. The van der Waals surface area contributed by atoms with Gasteiger partial charge in [-0.25, -0.2) is 0 Å². The average molecular weight is 452 g/mol. The van der Waals surface area contributed by atoms with Gasteiger partial charge in [0.2, 0.25) is 0 Å². The quantitative estimate of drug-likeness (QED) is 0.341. The molecule has 24 heavy (non-hydrogen) atoms. The van der Waals surface area contributed by atoms with Gasteiger partial charge in [0.25, 0.3) is 0 Å². The standard InChI is InChI=1S/C17H32N4O2.HI/c1-2-18-17(20-13-5-7-15(22)8-6-13)19-10-16-11-21-9-3-4-14(21)12-23-16;/h13-16,22H,2-12H2,1H3,(H2,18,19,20);1H. The topological polar surface area (TPSA) is 69.1 Å². The molecule has 1 saturated carbocycles. The van der Waals surface area contributed by atoms with Gasteiger partial charge in [0.15, 0.2) is 5.96 Å². The van der Waals surface area contributed by atoms with Crippen molar-refractivity contribution in [3.63, 3.8) is 0 Å². The zero-order valence-corrected chi connectivity index (χ0v) is 17.1. The molecule has 0 radical (unpaired) electrons. The maximum atomic E-state index is 9.62. The van der Waals surface area contributed by atoms with E-state index in [0.29, 0.717) is 18.6 Å². The summed E-state index contributed by atoms with van der Waals surface area (Å²) in [4.78, 5) is 7.31. The second-order valence-electron chi connectivity index (χ2n) is 7.12. The van der Waals surface area contributed by atoms with Crippen LogP contribution in [0.25, 0.3) is 0 Å². The van der Waals surface area contributed by atoms with Crippen LogP contribution in [0.15, 0.2) is 4.99 Å². The third kappa shape index (κ3) is 5.71. The van der Waals surface area contributed by atoms with Gasteiger partial charge in [-0.3, -0.25) is 9.89 Å². The van der Waals surface area contributed by atoms with Crippen LogP contribution in [0.3, 0.4) is 0 Å². The summed E-state index contributed by atoms with van der Waals surface area (Å²) in [7, 11) is 0. The molecule has 3 aliphatic rings. The van der Waals surface area contributed by atoms with Crippen molar-refractivity contribution in [1.29, 1.82) is 0 Å². The summed E-state index contributed by atoms with van der Waals surface area (Å²) in [6.45, 7) is 6.77. The minimum absolute atomic E-state index is 0. The van der Waals surface area contributed by atoms with Crippen LogP contribution in [-0.4, -0.2) is 73.0 Å². The van der Waals surface area contributed by atoms with Crippen LogP contribution >= 0.6 is 24.0 Å². The first-order valence-corrected chi connectivity index (χ1v) is 9.33. The fourth-order valence-corrected chi connectivity index (χ4v) is 3.92. The number of guanidine groups is 1. The molecule has 2 unspecified atom stereocenters. The Balaban J connectivity index is 0.00000208. The summed E-state index contributed by atoms with van der Waals surface area (Å²) < 4.78 is 5.99. The minimum Gasteiger partial charge on any atom is -0.393 e. The average Bonchev–Trinajstić information content (AvgIpc) is 3.02. The normalized spacial score (nSPS) is 34.3. The van der Waals surface area contributed by atoms with Crippen LogP contribution in [0.4, 0.5) is 0 Å². The van der Waals surface area contributed by atoms with Crippen molar-refractivity contribution in [2.45, 2.75) is 69.7 Å². The van der Waals surface area contributed by atoms with E-state index in [-0.39, 0.29) is 36.2 Å². The SMILES string of the molecule is CCNC(=NCC1CN2CCCC2CO1)NC1CCC(O)CC1.I. The molecule has 0 bridgehead atoms. The Hall–Kier alpha value is -0.120. The van der Waals surface area contributed by atoms with Crippen molar-refractivity contribution in [3.05, 3.63) is 0 Å². The van der Waals surface area contributed by atoms with Gasteiger partial charge >= 0.3 is 0 Å². The lowest BCUT2D eigenvalue weighted by Crippen LogP contribution is -2.48. The van der Waals surface area contributed by atoms with E-state index >= 15 is 0 Å². The Morgan fingerprint density at radius 1 is 1.25 bits per heavy atom. The largest absolute Gasteiger partial charge is 0.393 e. The monoisotopic (exact) mass is 452 g/mol. The van der Waals surface area contributed by atoms with Crippen molar-refractivity contribution in [3.8, 4) is 0 Å². The second kappa shape index (κ2) is 10.1. The maximum absolute atomic E-state index is 9.62. The number of halogens is 1. The van der Waals surface area contributed by atoms with E-state index in [1.807, 2.05) is 0 Å². The highest BCUT2D eigenvalue weighted by Crippen LogP contribution is 2.22. The molecule has 0 amide bonds. The van der Waals surface area contributed by atoms with Crippen LogP contribution in [-0.2, 0) is 4.74 Å². The van der Waals surface area contributed by atoms with Gasteiger partial charge in [-0.2, -0.15) is 0 Å². The van der Waals surface area contributed by atoms with Gasteiger partial charge in [0.1, 0.15) is 0 Å². The summed E-state index contributed by atoms with van der Waals surface area (Å²) in [6.07, 6.45) is 6.50. The molecule has 140 valence electrons. The molecule has 2 atom stereocenters. The number of aliphatic hydroxyl groups excluding tert-OH is 1. The molecule has 0 aromatic heterocycles. The summed E-state index contributed by atoms with van der Waals surface area (Å²) in [6, 6.07) is 1.07. The first-order valence-electron chi connectivity index (χ1n) is 9.33. The van der Waals surface area contributed by atoms with E-state index in [0.717, 1.165) is 51.3 Å². The van der Waals surface area contributed by atoms with Crippen molar-refractivity contribution in [2.75, 3.05) is 32.8 Å². The number of hydrogen-bond acceptors (Lipinski definition) is 4. The number of morpholine rings is 1. The molecule has 7 heteroatoms. The first kappa shape index (κ1) is 20.2. The van der Waals surface area contributed by atoms with Crippen molar-refractivity contribution in [2.24, 2.45) is 4.99 Å². The van der Waals surface area contributed by atoms with Gasteiger partial charge in [0, 0.05) is 25.2 Å². The van der Waals surface area contributed by atoms with E-state index in [1.165, 1.54) is 19.4 Å². The van der Waals surface area contributed by atoms with Crippen LogP contribution in [0.2, 0.25) is 0 Å². The van der Waals surface area contributed by atoms with Crippen LogP contribution in [0.1, 0.15) is 45.4 Å². The van der Waals surface area contributed by atoms with E-state index < -0.39 is 0 Å². The number of nitrogens with zero attached hydrogens (tertiary/aromatic N) is 2. The number of rotatable bonds is 4. The Labute approximate surface area is 162 Å². The van der Waals surface area contributed by atoms with E-state index in [4.69, 9.17) is 9.73 Å². The summed E-state index contributed by atoms with van der Waals surface area (Å²) in [5.74, 6) is 0.890. The molecule has 2 saturated heterocycles. The maximum Gasteiger partial charge on any atom is 0.191 e. The summed E-state index contributed by atoms with van der Waals surface area (Å²) in [5, 5.41) is 16.5. The fraction of sp³-hybridized carbons (Fsp3) is 0.941. The molecular weight excluding hydrogens is 419 g/mol. The van der Waals surface area contributed by atoms with Crippen molar-refractivity contribution < 1.29 is 9.84 Å². The first-order chi connectivity index (χ1) is 11.2. The molecule has 2 heterocycles. The van der Waals surface area contributed by atoms with Gasteiger partial charge in [-0.05, 0) is 52.0 Å². The molecule has 2 aliphatic heterocycles. The lowest BCUT2D eigenvalue weighted by atomic mass is 9.93. The molecule has 3 N–H and O–H groups in total. The number of fused-ring (bicyclic) bond motifs is 1. The van der Waals surface area contributed by atoms with Crippen LogP contribution in [0, 0.1) is 0 Å². The zero-order valence-electron chi connectivity index (χ0n) is 14.7.